The van der Waals surface area contributed by atoms with Gasteiger partial charge in [0.1, 0.15) is 0 Å². The maximum Gasteiger partial charge on any atom is 0.338 e. The Morgan fingerprint density at radius 2 is 1.92 bits per heavy atom. The van der Waals surface area contributed by atoms with Crippen LogP contribution in [0.4, 0.5) is 0 Å². The van der Waals surface area contributed by atoms with Crippen molar-refractivity contribution in [1.29, 1.82) is 0 Å². The normalized spacial score (nSPS) is 23.0. The van der Waals surface area contributed by atoms with Crippen molar-refractivity contribution < 1.29 is 14.3 Å². The van der Waals surface area contributed by atoms with Gasteiger partial charge >= 0.3 is 5.97 Å². The molecule has 1 aromatic carbocycles. The minimum atomic E-state index is -0.494. The van der Waals surface area contributed by atoms with Gasteiger partial charge in [-0.2, -0.15) is 0 Å². The third-order valence-corrected chi connectivity index (χ3v) is 5.64. The minimum absolute atomic E-state index is 0.0319. The summed E-state index contributed by atoms with van der Waals surface area (Å²) in [6.07, 6.45) is 0. The van der Waals surface area contributed by atoms with Crippen LogP contribution < -0.4 is 0 Å². The van der Waals surface area contributed by atoms with Crippen molar-refractivity contribution in [3.05, 3.63) is 46.7 Å². The number of methoxy groups -OCH3 is 1. The fraction of sp³-hybridized carbons (Fsp3) is 0.421. The van der Waals surface area contributed by atoms with Crippen LogP contribution in [0.1, 0.15) is 50.8 Å². The smallest absolute Gasteiger partial charge is 0.338 e. The summed E-state index contributed by atoms with van der Waals surface area (Å²) < 4.78 is 4.97. The molecule has 0 bridgehead atoms. The molecule has 2 heterocycles. The first-order chi connectivity index (χ1) is 11.8. The Kier molecular flexibility index (Phi) is 4.73. The summed E-state index contributed by atoms with van der Waals surface area (Å²) in [6.45, 7) is 7.92. The Hall–Kier alpha value is -2.08. The standard InChI is InChI=1S/C19H22N2O3S/c1-10(2)13-6-8-14(9-7-13)16-15(18(23)24-5)11(3)20-19-21(16)17(22)12(4)25-19/h6-10,12,16H,1-5H3/t12-,16+/m0/s1. The topological polar surface area (TPSA) is 59.0 Å². The number of rotatable bonds is 3. The summed E-state index contributed by atoms with van der Waals surface area (Å²) in [5, 5.41) is 0.446. The number of amidine groups is 1. The molecule has 1 amide bonds. The third-order valence-electron chi connectivity index (χ3n) is 4.58. The van der Waals surface area contributed by atoms with Crippen molar-refractivity contribution in [2.24, 2.45) is 4.99 Å². The van der Waals surface area contributed by atoms with Crippen molar-refractivity contribution in [2.75, 3.05) is 7.11 Å². The molecule has 0 aromatic heterocycles. The first kappa shape index (κ1) is 17.7. The van der Waals surface area contributed by atoms with Gasteiger partial charge in [-0.1, -0.05) is 49.9 Å². The van der Waals surface area contributed by atoms with Crippen LogP contribution in [0, 0.1) is 0 Å². The molecule has 2 aliphatic heterocycles. The Balaban J connectivity index is 2.12. The summed E-state index contributed by atoms with van der Waals surface area (Å²) in [5.74, 6) is -0.0648. The summed E-state index contributed by atoms with van der Waals surface area (Å²) in [5.41, 5.74) is 3.13. The van der Waals surface area contributed by atoms with Gasteiger partial charge in [-0.05, 0) is 30.9 Å². The highest BCUT2D eigenvalue weighted by molar-refractivity contribution is 8.15. The van der Waals surface area contributed by atoms with Crippen LogP contribution in [0.5, 0.6) is 0 Å². The fourth-order valence-electron chi connectivity index (χ4n) is 3.15. The van der Waals surface area contributed by atoms with E-state index in [0.717, 1.165) is 5.56 Å². The lowest BCUT2D eigenvalue weighted by Crippen LogP contribution is -2.40. The summed E-state index contributed by atoms with van der Waals surface area (Å²) in [6, 6.07) is 7.57. The van der Waals surface area contributed by atoms with Crippen molar-refractivity contribution in [1.82, 2.24) is 4.90 Å². The molecule has 0 unspecified atom stereocenters. The molecule has 0 saturated carbocycles. The number of carbonyl (C=O) groups excluding carboxylic acids is 2. The highest BCUT2D eigenvalue weighted by Crippen LogP contribution is 2.43. The van der Waals surface area contributed by atoms with Crippen LogP contribution in [0.3, 0.4) is 0 Å². The van der Waals surface area contributed by atoms with E-state index < -0.39 is 12.0 Å². The predicted molar refractivity (Wildman–Crippen MR) is 99.3 cm³/mol. The van der Waals surface area contributed by atoms with E-state index >= 15 is 0 Å². The Morgan fingerprint density at radius 3 is 2.48 bits per heavy atom. The van der Waals surface area contributed by atoms with E-state index in [4.69, 9.17) is 4.74 Å². The number of allylic oxidation sites excluding steroid dienone is 1. The number of esters is 1. The summed E-state index contributed by atoms with van der Waals surface area (Å²) in [7, 11) is 1.35. The number of ether oxygens (including phenoxy) is 1. The molecule has 0 N–H and O–H groups in total. The molecular formula is C19H22N2O3S. The number of fused-ring (bicyclic) bond motifs is 1. The van der Waals surface area contributed by atoms with E-state index in [2.05, 4.69) is 18.8 Å². The monoisotopic (exact) mass is 358 g/mol. The lowest BCUT2D eigenvalue weighted by molar-refractivity contribution is -0.137. The van der Waals surface area contributed by atoms with Gasteiger partial charge in [0, 0.05) is 0 Å². The quantitative estimate of drug-likeness (QED) is 0.774. The third kappa shape index (κ3) is 2.99. The number of benzene rings is 1. The summed E-state index contributed by atoms with van der Waals surface area (Å²) in [4.78, 5) is 31.2. The van der Waals surface area contributed by atoms with Gasteiger partial charge in [0.15, 0.2) is 5.17 Å². The van der Waals surface area contributed by atoms with Crippen LogP contribution in [0.2, 0.25) is 0 Å². The van der Waals surface area contributed by atoms with Crippen LogP contribution in [-0.2, 0) is 14.3 Å². The van der Waals surface area contributed by atoms with Gasteiger partial charge in [-0.25, -0.2) is 9.79 Å². The molecule has 2 atom stereocenters. The Bertz CT molecular complexity index is 780. The van der Waals surface area contributed by atoms with E-state index in [1.807, 2.05) is 31.2 Å². The second-order valence-corrected chi connectivity index (χ2v) is 7.89. The minimum Gasteiger partial charge on any atom is -0.466 e. The predicted octanol–water partition coefficient (Wildman–Crippen LogP) is 3.63. The molecule has 1 fully saturated rings. The first-order valence-electron chi connectivity index (χ1n) is 8.32. The Labute approximate surface area is 152 Å². The van der Waals surface area contributed by atoms with Crippen LogP contribution in [0.25, 0.3) is 0 Å². The zero-order valence-electron chi connectivity index (χ0n) is 15.1. The van der Waals surface area contributed by atoms with Gasteiger partial charge in [-0.3, -0.25) is 9.69 Å². The second kappa shape index (κ2) is 6.67. The van der Waals surface area contributed by atoms with Gasteiger partial charge in [-0.15, -0.1) is 0 Å². The fourth-order valence-corrected chi connectivity index (χ4v) is 4.18. The second-order valence-electron chi connectivity index (χ2n) is 6.58. The zero-order chi connectivity index (χ0) is 18.3. The van der Waals surface area contributed by atoms with E-state index in [1.54, 1.807) is 11.8 Å². The van der Waals surface area contributed by atoms with Crippen LogP contribution >= 0.6 is 11.8 Å². The molecule has 6 heteroatoms. The molecule has 2 aliphatic rings. The van der Waals surface area contributed by atoms with E-state index in [9.17, 15) is 9.59 Å². The number of nitrogens with zero attached hydrogens (tertiary/aromatic N) is 2. The number of amides is 1. The first-order valence-corrected chi connectivity index (χ1v) is 9.20. The molecule has 0 radical (unpaired) electrons. The highest BCUT2D eigenvalue weighted by Gasteiger charge is 2.46. The van der Waals surface area contributed by atoms with E-state index in [-0.39, 0.29) is 11.2 Å². The largest absolute Gasteiger partial charge is 0.466 e. The molecular weight excluding hydrogens is 336 g/mol. The number of carbonyl (C=O) groups is 2. The molecule has 132 valence electrons. The lowest BCUT2D eigenvalue weighted by Gasteiger charge is -2.33. The average Bonchev–Trinajstić information content (AvgIpc) is 2.87. The molecule has 25 heavy (non-hydrogen) atoms. The molecule has 0 spiro atoms. The molecule has 0 aliphatic carbocycles. The van der Waals surface area contributed by atoms with Gasteiger partial charge in [0.05, 0.1) is 29.7 Å². The van der Waals surface area contributed by atoms with Crippen molar-refractivity contribution in [2.45, 2.75) is 44.9 Å². The zero-order valence-corrected chi connectivity index (χ0v) is 15.9. The van der Waals surface area contributed by atoms with Crippen LogP contribution in [-0.4, -0.2) is 34.3 Å². The molecule has 1 aromatic rings. The van der Waals surface area contributed by atoms with Crippen molar-refractivity contribution in [3.8, 4) is 0 Å². The SMILES string of the molecule is COC(=O)C1=C(C)N=C2S[C@@H](C)C(=O)N2[C@@H]1c1ccc(C(C)C)cc1. The number of hydrogen-bond donors (Lipinski definition) is 0. The average molecular weight is 358 g/mol. The maximum absolute atomic E-state index is 12.7. The number of thioether (sulfide) groups is 1. The lowest BCUT2D eigenvalue weighted by atomic mass is 9.92. The molecule has 1 saturated heterocycles. The highest BCUT2D eigenvalue weighted by atomic mass is 32.2. The maximum atomic E-state index is 12.7. The van der Waals surface area contributed by atoms with Crippen molar-refractivity contribution >= 4 is 28.8 Å². The van der Waals surface area contributed by atoms with E-state index in [0.29, 0.717) is 22.4 Å². The summed E-state index contributed by atoms with van der Waals surface area (Å²) >= 11 is 1.43. The van der Waals surface area contributed by atoms with Gasteiger partial charge in [0.2, 0.25) is 5.91 Å². The number of aliphatic imine (C=N–C) groups is 1. The van der Waals surface area contributed by atoms with Gasteiger partial charge < -0.3 is 4.74 Å². The Morgan fingerprint density at radius 1 is 1.28 bits per heavy atom. The van der Waals surface area contributed by atoms with Crippen LogP contribution in [0.15, 0.2) is 40.5 Å². The van der Waals surface area contributed by atoms with Gasteiger partial charge in [0.25, 0.3) is 0 Å². The number of hydrogen-bond acceptors (Lipinski definition) is 5. The molecule has 3 rings (SSSR count). The molecule has 5 nitrogen and oxygen atoms in total. The van der Waals surface area contributed by atoms with E-state index in [1.165, 1.54) is 24.4 Å². The van der Waals surface area contributed by atoms with Crippen molar-refractivity contribution in [3.63, 3.8) is 0 Å².